The van der Waals surface area contributed by atoms with Crippen molar-refractivity contribution in [3.05, 3.63) is 53.3 Å². The first kappa shape index (κ1) is 25.9. The van der Waals surface area contributed by atoms with E-state index < -0.39 is 5.41 Å². The molecule has 2 aliphatic rings. The number of hydrogen-bond acceptors (Lipinski definition) is 4. The second-order valence-corrected chi connectivity index (χ2v) is 11.7. The predicted octanol–water partition coefficient (Wildman–Crippen LogP) is 5.70. The summed E-state index contributed by atoms with van der Waals surface area (Å²) in [6.45, 7) is 14.3. The maximum Gasteiger partial charge on any atom is 0.232 e. The highest BCUT2D eigenvalue weighted by Gasteiger charge is 2.36. The van der Waals surface area contributed by atoms with E-state index >= 15 is 0 Å². The molecule has 1 aromatic carbocycles. The van der Waals surface area contributed by atoms with Gasteiger partial charge < -0.3 is 19.9 Å². The number of carbonyl (C=O) groups excluding carboxylic acids is 1. The predicted molar refractivity (Wildman–Crippen MR) is 150 cm³/mol. The molecule has 6 heteroatoms. The number of aromatic nitrogens is 2. The largest absolute Gasteiger partial charge is 0.375 e. The van der Waals surface area contributed by atoms with Crippen molar-refractivity contribution in [2.75, 3.05) is 26.2 Å². The first-order valence-corrected chi connectivity index (χ1v) is 14.0. The van der Waals surface area contributed by atoms with Gasteiger partial charge in [0.25, 0.3) is 0 Å². The van der Waals surface area contributed by atoms with Gasteiger partial charge in [0.2, 0.25) is 5.91 Å². The molecule has 2 aliphatic heterocycles. The van der Waals surface area contributed by atoms with Crippen LogP contribution in [0.5, 0.6) is 0 Å². The first-order valence-electron chi connectivity index (χ1n) is 14.0. The van der Waals surface area contributed by atoms with E-state index in [9.17, 15) is 4.79 Å². The molecule has 4 heterocycles. The lowest BCUT2D eigenvalue weighted by molar-refractivity contribution is -0.140. The molecule has 6 nitrogen and oxygen atoms in total. The zero-order valence-corrected chi connectivity index (χ0v) is 23.1. The number of likely N-dealkylation sites (tertiary alicyclic amines) is 1. The Balaban J connectivity index is 1.35. The summed E-state index contributed by atoms with van der Waals surface area (Å²) in [5.41, 5.74) is 6.17. The van der Waals surface area contributed by atoms with Crippen molar-refractivity contribution in [3.63, 3.8) is 0 Å². The molecule has 3 aromatic rings. The van der Waals surface area contributed by atoms with Crippen LogP contribution in [-0.4, -0.2) is 59.2 Å². The third-order valence-corrected chi connectivity index (χ3v) is 8.26. The highest BCUT2D eigenvalue weighted by Crippen LogP contribution is 2.38. The van der Waals surface area contributed by atoms with Crippen molar-refractivity contribution in [1.82, 2.24) is 20.2 Å². The van der Waals surface area contributed by atoms with Gasteiger partial charge in [0.05, 0.1) is 23.3 Å². The van der Waals surface area contributed by atoms with Crippen molar-refractivity contribution < 1.29 is 9.53 Å². The topological polar surface area (TPSA) is 70.2 Å². The summed E-state index contributed by atoms with van der Waals surface area (Å²) in [6, 6.07) is 10.7. The molecule has 37 heavy (non-hydrogen) atoms. The van der Waals surface area contributed by atoms with Crippen molar-refractivity contribution in [2.45, 2.75) is 83.8 Å². The lowest BCUT2D eigenvalue weighted by Gasteiger charge is -2.38. The summed E-state index contributed by atoms with van der Waals surface area (Å²) < 4.78 is 6.38. The molecule has 198 valence electrons. The van der Waals surface area contributed by atoms with Crippen LogP contribution in [0.1, 0.15) is 76.1 Å². The Bertz CT molecular complexity index is 1250. The number of piperidine rings is 2. The molecule has 1 amide bonds. The molecular formula is C31H42N4O2. The third-order valence-electron chi connectivity index (χ3n) is 8.26. The Hall–Kier alpha value is -2.70. The summed E-state index contributed by atoms with van der Waals surface area (Å²) in [5.74, 6) is 0.545. The van der Waals surface area contributed by atoms with E-state index in [1.807, 2.05) is 13.1 Å². The number of aryl methyl sites for hydroxylation is 1. The number of rotatable bonds is 6. The van der Waals surface area contributed by atoms with Gasteiger partial charge in [0.1, 0.15) is 0 Å². The van der Waals surface area contributed by atoms with Gasteiger partial charge in [-0.3, -0.25) is 9.78 Å². The average molecular weight is 503 g/mol. The van der Waals surface area contributed by atoms with Gasteiger partial charge >= 0.3 is 0 Å². The number of ether oxygens (including phenoxy) is 1. The zero-order chi connectivity index (χ0) is 26.2. The molecule has 0 spiro atoms. The highest BCUT2D eigenvalue weighted by atomic mass is 16.5. The number of H-pyrrole nitrogens is 1. The molecule has 2 fully saturated rings. The zero-order valence-electron chi connectivity index (χ0n) is 23.1. The summed E-state index contributed by atoms with van der Waals surface area (Å²) in [7, 11) is 0. The van der Waals surface area contributed by atoms with Gasteiger partial charge in [-0.2, -0.15) is 0 Å². The van der Waals surface area contributed by atoms with Crippen LogP contribution in [0.25, 0.3) is 22.2 Å². The van der Waals surface area contributed by atoms with E-state index in [4.69, 9.17) is 4.74 Å². The molecule has 0 aliphatic carbocycles. The molecule has 2 saturated heterocycles. The summed E-state index contributed by atoms with van der Waals surface area (Å²) in [4.78, 5) is 23.9. The van der Waals surface area contributed by atoms with Crippen molar-refractivity contribution in [3.8, 4) is 11.3 Å². The van der Waals surface area contributed by atoms with Gasteiger partial charge in [-0.15, -0.1) is 0 Å². The van der Waals surface area contributed by atoms with Gasteiger partial charge in [-0.05, 0) is 101 Å². The van der Waals surface area contributed by atoms with Crippen molar-refractivity contribution in [2.24, 2.45) is 0 Å². The Morgan fingerprint density at radius 1 is 1.05 bits per heavy atom. The number of benzene rings is 1. The molecule has 2 N–H and O–H groups in total. The molecule has 0 unspecified atom stereocenters. The van der Waals surface area contributed by atoms with Gasteiger partial charge in [-0.1, -0.05) is 19.9 Å². The minimum atomic E-state index is -0.601. The lowest BCUT2D eigenvalue weighted by Crippen LogP contribution is -2.48. The van der Waals surface area contributed by atoms with E-state index in [-0.39, 0.29) is 12.0 Å². The summed E-state index contributed by atoms with van der Waals surface area (Å²) >= 11 is 0. The van der Waals surface area contributed by atoms with E-state index in [1.54, 1.807) is 0 Å². The maximum atomic E-state index is 13.8. The minimum absolute atomic E-state index is 0.207. The highest BCUT2D eigenvalue weighted by molar-refractivity contribution is 5.94. The Morgan fingerprint density at radius 3 is 2.43 bits per heavy atom. The second-order valence-electron chi connectivity index (χ2n) is 11.7. The van der Waals surface area contributed by atoms with Crippen LogP contribution >= 0.6 is 0 Å². The third kappa shape index (κ3) is 5.32. The van der Waals surface area contributed by atoms with Crippen LogP contribution in [0.2, 0.25) is 0 Å². The Labute approximate surface area is 221 Å². The van der Waals surface area contributed by atoms with Crippen LogP contribution in [0.4, 0.5) is 0 Å². The maximum absolute atomic E-state index is 13.8. The minimum Gasteiger partial charge on any atom is -0.375 e. The fourth-order valence-corrected chi connectivity index (χ4v) is 6.05. The summed E-state index contributed by atoms with van der Waals surface area (Å²) in [6.07, 6.45) is 6.55. The molecule has 2 aromatic heterocycles. The van der Waals surface area contributed by atoms with Crippen LogP contribution in [0.3, 0.4) is 0 Å². The van der Waals surface area contributed by atoms with Crippen LogP contribution in [0, 0.1) is 6.92 Å². The second kappa shape index (κ2) is 10.6. The number of amides is 1. The number of hydrogen-bond donors (Lipinski definition) is 2. The van der Waals surface area contributed by atoms with E-state index in [0.29, 0.717) is 12.0 Å². The van der Waals surface area contributed by atoms with Gasteiger partial charge in [-0.25, -0.2) is 0 Å². The average Bonchev–Trinajstić information content (AvgIpc) is 3.29. The monoisotopic (exact) mass is 502 g/mol. The number of carbonyl (C=O) groups is 1. The van der Waals surface area contributed by atoms with E-state index in [2.05, 4.69) is 78.2 Å². The van der Waals surface area contributed by atoms with Crippen LogP contribution in [0.15, 0.2) is 36.5 Å². The molecule has 0 atom stereocenters. The smallest absolute Gasteiger partial charge is 0.232 e. The fourth-order valence-electron chi connectivity index (χ4n) is 6.05. The van der Waals surface area contributed by atoms with Crippen LogP contribution < -0.4 is 5.32 Å². The summed E-state index contributed by atoms with van der Waals surface area (Å²) in [5, 5.41) is 4.60. The number of nitrogens with one attached hydrogen (secondary N) is 2. The van der Waals surface area contributed by atoms with Crippen molar-refractivity contribution in [1.29, 1.82) is 0 Å². The van der Waals surface area contributed by atoms with Crippen molar-refractivity contribution >= 4 is 16.8 Å². The number of fused-ring (bicyclic) bond motifs is 1. The van der Waals surface area contributed by atoms with Gasteiger partial charge in [0, 0.05) is 41.4 Å². The fraction of sp³-hybridized carbons (Fsp3) is 0.548. The Morgan fingerprint density at radius 2 is 1.76 bits per heavy atom. The Kier molecular flexibility index (Phi) is 7.42. The number of pyridine rings is 1. The first-order chi connectivity index (χ1) is 17.7. The normalized spacial score (nSPS) is 18.2. The number of aromatic amines is 1. The molecular weight excluding hydrogens is 460 g/mol. The SMILES string of the molecule is Cc1cc(-c2[nH]c3ccc(C(C)(C)C(=O)N4CCC(OC5CCNCC5)CC4)cc3c2C(C)C)ccn1. The standard InChI is InChI=1S/C31H42N4O2/c1-20(2)28-26-19-23(6-7-27(26)34-29(28)22-8-15-33-21(3)18-22)31(4,5)30(36)35-16-11-25(12-17-35)37-24-9-13-32-14-10-24/h6-8,15,18-20,24-25,32,34H,9-14,16-17H2,1-5H3. The quantitative estimate of drug-likeness (QED) is 0.454. The van der Waals surface area contributed by atoms with Gasteiger partial charge in [0.15, 0.2) is 0 Å². The molecule has 5 rings (SSSR count). The lowest BCUT2D eigenvalue weighted by atomic mass is 9.81. The molecule has 0 bridgehead atoms. The molecule has 0 radical (unpaired) electrons. The van der Waals surface area contributed by atoms with E-state index in [1.165, 1.54) is 10.9 Å². The molecule has 0 saturated carbocycles. The van der Waals surface area contributed by atoms with E-state index in [0.717, 1.165) is 79.9 Å². The van der Waals surface area contributed by atoms with Crippen LogP contribution in [-0.2, 0) is 14.9 Å². The number of nitrogens with zero attached hydrogens (tertiary/aromatic N) is 2.